The van der Waals surface area contributed by atoms with Crippen LogP contribution in [0.15, 0.2) is 47.4 Å². The highest BCUT2D eigenvalue weighted by molar-refractivity contribution is 7.80. The van der Waals surface area contributed by atoms with E-state index in [0.29, 0.717) is 24.0 Å². The lowest BCUT2D eigenvalue weighted by atomic mass is 9.78. The first kappa shape index (κ1) is 31.8. The first-order chi connectivity index (χ1) is 17.1. The lowest BCUT2D eigenvalue weighted by Crippen LogP contribution is -2.28. The monoisotopic (exact) mass is 540 g/mol. The van der Waals surface area contributed by atoms with E-state index in [-0.39, 0.29) is 30.7 Å². The normalized spacial score (nSPS) is 12.6. The van der Waals surface area contributed by atoms with Crippen LogP contribution in [0.3, 0.4) is 0 Å². The van der Waals surface area contributed by atoms with Gasteiger partial charge in [0.2, 0.25) is 0 Å². The van der Waals surface area contributed by atoms with Gasteiger partial charge in [-0.25, -0.2) is 0 Å². The van der Waals surface area contributed by atoms with Crippen molar-refractivity contribution < 1.29 is 33.3 Å². The third-order valence-electron chi connectivity index (χ3n) is 5.31. The van der Waals surface area contributed by atoms with Crippen LogP contribution in [0.2, 0.25) is 0 Å². The van der Waals surface area contributed by atoms with E-state index in [4.69, 9.17) is 40.1 Å². The zero-order valence-corrected chi connectivity index (χ0v) is 23.4. The summed E-state index contributed by atoms with van der Waals surface area (Å²) < 4.78 is 27.1. The molecule has 0 N–H and O–H groups in total. The Bertz CT molecular complexity index is 930. The van der Waals surface area contributed by atoms with E-state index in [0.717, 1.165) is 22.3 Å². The molecule has 2 unspecified atom stereocenters. The molecule has 2 atom stereocenters. The highest BCUT2D eigenvalue weighted by Gasteiger charge is 2.24. The van der Waals surface area contributed by atoms with E-state index in [1.54, 1.807) is 14.2 Å². The molecule has 9 heteroatoms. The first-order valence-electron chi connectivity index (χ1n) is 11.5. The number of aldehydes is 1. The van der Waals surface area contributed by atoms with E-state index >= 15 is 0 Å². The van der Waals surface area contributed by atoms with Crippen LogP contribution in [0, 0.1) is 0 Å². The molecule has 0 saturated carbocycles. The largest absolute Gasteiger partial charge is 0.490 e. The minimum absolute atomic E-state index is 0.171. The summed E-state index contributed by atoms with van der Waals surface area (Å²) >= 11 is 10.5. The van der Waals surface area contributed by atoms with Gasteiger partial charge in [0.25, 0.3) is 0 Å². The molecule has 2 rings (SSSR count). The summed E-state index contributed by atoms with van der Waals surface area (Å²) in [4.78, 5) is 20.8. The summed E-state index contributed by atoms with van der Waals surface area (Å²) in [5.74, 6) is 1.37. The van der Waals surface area contributed by atoms with Crippen LogP contribution >= 0.6 is 24.2 Å². The number of carbonyl (C=O) groups is 2. The molecule has 0 aliphatic rings. The molecule has 36 heavy (non-hydrogen) atoms. The maximum absolute atomic E-state index is 11.2. The maximum Gasteiger partial charge on any atom is 0.303 e. The predicted octanol–water partition coefficient (Wildman–Crippen LogP) is 5.10. The van der Waals surface area contributed by atoms with Crippen LogP contribution in [0.1, 0.15) is 38.8 Å². The van der Waals surface area contributed by atoms with Gasteiger partial charge in [-0.15, -0.1) is 24.2 Å². The standard InChI is InChI=1S/C25H33ClO6S.C2H4O/c1-17(27)32-22(14-28-4)16-30-20-9-6-18(7-10-20)25(2,3)19-8-11-23(24(33)12-19)31-15-21(13-26)29-5;1-2-3/h6-12,21-22,33H,13-16H2,1-5H3;2H,1H3. The molecule has 0 aliphatic carbocycles. The Labute approximate surface area is 224 Å². The molecule has 0 radical (unpaired) electrons. The minimum atomic E-state index is -0.457. The van der Waals surface area contributed by atoms with E-state index < -0.39 is 6.10 Å². The molecule has 0 fully saturated rings. The number of alkyl halides is 1. The fourth-order valence-electron chi connectivity index (χ4n) is 3.25. The molecule has 0 saturated heterocycles. The van der Waals surface area contributed by atoms with Crippen LogP contribution < -0.4 is 9.47 Å². The smallest absolute Gasteiger partial charge is 0.303 e. The van der Waals surface area contributed by atoms with Gasteiger partial charge in [0.1, 0.15) is 37.1 Å². The number of hydrogen-bond acceptors (Lipinski definition) is 8. The van der Waals surface area contributed by atoms with Gasteiger partial charge in [-0.3, -0.25) is 4.79 Å². The van der Waals surface area contributed by atoms with Gasteiger partial charge in [-0.05, 0) is 42.3 Å². The highest BCUT2D eigenvalue weighted by Crippen LogP contribution is 2.36. The van der Waals surface area contributed by atoms with Gasteiger partial charge in [-0.2, -0.15) is 0 Å². The van der Waals surface area contributed by atoms with Gasteiger partial charge in [0.05, 0.1) is 12.5 Å². The fraction of sp³-hybridized carbons (Fsp3) is 0.481. The van der Waals surface area contributed by atoms with Crippen molar-refractivity contribution in [3.05, 3.63) is 53.6 Å². The van der Waals surface area contributed by atoms with Crippen molar-refractivity contribution in [2.45, 2.75) is 50.2 Å². The van der Waals surface area contributed by atoms with Crippen molar-refractivity contribution in [1.29, 1.82) is 0 Å². The Morgan fingerprint density at radius 1 is 1.00 bits per heavy atom. The Hall–Kier alpha value is -2.26. The molecule has 0 aliphatic heterocycles. The van der Waals surface area contributed by atoms with Gasteiger partial charge in [0.15, 0.2) is 6.10 Å². The van der Waals surface area contributed by atoms with E-state index in [9.17, 15) is 4.79 Å². The maximum atomic E-state index is 11.2. The van der Waals surface area contributed by atoms with Crippen molar-refractivity contribution in [3.63, 3.8) is 0 Å². The van der Waals surface area contributed by atoms with E-state index in [1.165, 1.54) is 13.8 Å². The first-order valence-corrected chi connectivity index (χ1v) is 12.4. The van der Waals surface area contributed by atoms with Crippen LogP contribution in [0.25, 0.3) is 0 Å². The zero-order chi connectivity index (χ0) is 27.1. The second-order valence-corrected chi connectivity index (χ2v) is 9.18. The molecular weight excluding hydrogens is 504 g/mol. The Kier molecular flexibility index (Phi) is 14.5. The molecule has 0 bridgehead atoms. The third-order valence-corrected chi connectivity index (χ3v) is 6.00. The minimum Gasteiger partial charge on any atom is -0.490 e. The Morgan fingerprint density at radius 3 is 2.08 bits per heavy atom. The van der Waals surface area contributed by atoms with Gasteiger partial charge < -0.3 is 28.5 Å². The highest BCUT2D eigenvalue weighted by atomic mass is 35.5. The molecule has 200 valence electrons. The summed E-state index contributed by atoms with van der Waals surface area (Å²) in [7, 11) is 3.16. The molecule has 2 aromatic rings. The zero-order valence-electron chi connectivity index (χ0n) is 21.8. The molecule has 0 spiro atoms. The summed E-state index contributed by atoms with van der Waals surface area (Å²) in [5, 5.41) is 0. The lowest BCUT2D eigenvalue weighted by Gasteiger charge is -2.27. The number of esters is 1. The quantitative estimate of drug-likeness (QED) is 0.164. The number of halogens is 1. The van der Waals surface area contributed by atoms with Crippen LogP contribution in [-0.2, 0) is 29.2 Å². The van der Waals surface area contributed by atoms with Crippen molar-refractivity contribution in [3.8, 4) is 11.5 Å². The van der Waals surface area contributed by atoms with Gasteiger partial charge in [0, 0.05) is 31.5 Å². The molecule has 0 amide bonds. The summed E-state index contributed by atoms with van der Waals surface area (Å²) in [6.07, 6.45) is 0.122. The Morgan fingerprint density at radius 2 is 1.58 bits per heavy atom. The van der Waals surface area contributed by atoms with Crippen molar-refractivity contribution in [1.82, 2.24) is 0 Å². The molecule has 0 aromatic heterocycles. The third kappa shape index (κ3) is 10.4. The SMILES string of the molecule is CC=O.COCC(COc1ccc(C(C)(C)c2ccc(OCC(CCl)OC)c(S)c2)cc1)OC(C)=O. The predicted molar refractivity (Wildman–Crippen MR) is 144 cm³/mol. The van der Waals surface area contributed by atoms with Crippen molar-refractivity contribution >= 4 is 36.5 Å². The number of carbonyl (C=O) groups excluding carboxylic acids is 2. The topological polar surface area (TPSA) is 80.3 Å². The average Bonchev–Trinajstić information content (AvgIpc) is 2.84. The second kappa shape index (κ2) is 16.5. The van der Waals surface area contributed by atoms with Crippen molar-refractivity contribution in [2.75, 3.05) is 39.9 Å². The van der Waals surface area contributed by atoms with E-state index in [2.05, 4.69) is 26.5 Å². The van der Waals surface area contributed by atoms with E-state index in [1.807, 2.05) is 42.5 Å². The number of rotatable bonds is 13. The van der Waals surface area contributed by atoms with Crippen molar-refractivity contribution in [2.24, 2.45) is 0 Å². The lowest BCUT2D eigenvalue weighted by molar-refractivity contribution is -0.150. The number of methoxy groups -OCH3 is 2. The fourth-order valence-corrected chi connectivity index (χ4v) is 3.74. The number of benzene rings is 2. The summed E-state index contributed by atoms with van der Waals surface area (Å²) in [6, 6.07) is 13.8. The molecule has 0 heterocycles. The number of thiol groups is 1. The molecule has 7 nitrogen and oxygen atoms in total. The van der Waals surface area contributed by atoms with Gasteiger partial charge in [-0.1, -0.05) is 32.0 Å². The summed E-state index contributed by atoms with van der Waals surface area (Å²) in [6.45, 7) is 7.96. The van der Waals surface area contributed by atoms with Crippen LogP contribution in [-0.4, -0.2) is 64.4 Å². The van der Waals surface area contributed by atoms with Crippen LogP contribution in [0.4, 0.5) is 0 Å². The van der Waals surface area contributed by atoms with Gasteiger partial charge >= 0.3 is 5.97 Å². The number of ether oxygens (including phenoxy) is 5. The summed E-state index contributed by atoms with van der Waals surface area (Å²) in [5.41, 5.74) is 1.95. The Balaban J connectivity index is 0.00000205. The average molecular weight is 541 g/mol. The molecule has 2 aromatic carbocycles. The van der Waals surface area contributed by atoms with Crippen LogP contribution in [0.5, 0.6) is 11.5 Å². The second-order valence-electron chi connectivity index (χ2n) is 8.39. The molecular formula is C27H37ClO7S. The number of hydrogen-bond donors (Lipinski definition) is 1.